The van der Waals surface area contributed by atoms with E-state index in [1.165, 1.54) is 12.1 Å². The lowest BCUT2D eigenvalue weighted by atomic mass is 9.95. The maximum absolute atomic E-state index is 12.3. The number of ether oxygens (including phenoxy) is 1. The number of phenols is 1. The molecule has 7 nitrogen and oxygen atoms in total. The Hall–Kier alpha value is -2.38. The number of hydrogen-bond donors (Lipinski definition) is 2. The van der Waals surface area contributed by atoms with Gasteiger partial charge in [0.05, 0.1) is 0 Å². The Labute approximate surface area is 170 Å². The van der Waals surface area contributed by atoms with Gasteiger partial charge in [0.15, 0.2) is 0 Å². The van der Waals surface area contributed by atoms with Gasteiger partial charge in [0.1, 0.15) is 11.3 Å². The Balaban J connectivity index is 1.64. The van der Waals surface area contributed by atoms with Crippen molar-refractivity contribution in [2.45, 2.75) is 39.2 Å². The number of nitrogens with zero attached hydrogens (tertiary/aromatic N) is 1. The van der Waals surface area contributed by atoms with Gasteiger partial charge in [-0.15, -0.1) is 0 Å². The highest BCUT2D eigenvalue weighted by atomic mass is 16.5. The molecule has 0 unspecified atom stereocenters. The fraction of sp³-hybridized carbons (Fsp3) is 0.545. The average Bonchev–Trinajstić information content (AvgIpc) is 2.71. The zero-order chi connectivity index (χ0) is 20.8. The minimum absolute atomic E-state index is 0.0371. The van der Waals surface area contributed by atoms with Gasteiger partial charge in [0.2, 0.25) is 5.91 Å². The summed E-state index contributed by atoms with van der Waals surface area (Å²) in [6, 6.07) is 4.97. The minimum Gasteiger partial charge on any atom is -0.508 e. The molecule has 2 heterocycles. The van der Waals surface area contributed by atoms with E-state index in [4.69, 9.17) is 9.15 Å². The summed E-state index contributed by atoms with van der Waals surface area (Å²) in [5.74, 6) is 0.308. The maximum Gasteiger partial charge on any atom is 0.336 e. The van der Waals surface area contributed by atoms with Gasteiger partial charge in [-0.05, 0) is 56.0 Å². The van der Waals surface area contributed by atoms with Crippen molar-refractivity contribution in [2.24, 2.45) is 5.92 Å². The largest absolute Gasteiger partial charge is 0.508 e. The Morgan fingerprint density at radius 3 is 2.72 bits per heavy atom. The number of phenolic OH excluding ortho intramolecular Hbond substituents is 1. The van der Waals surface area contributed by atoms with Crippen molar-refractivity contribution in [2.75, 3.05) is 33.4 Å². The number of aryl methyl sites for hydroxylation is 1. The maximum atomic E-state index is 12.3. The molecule has 0 atom stereocenters. The quantitative estimate of drug-likeness (QED) is 0.520. The van der Waals surface area contributed by atoms with Crippen molar-refractivity contribution >= 4 is 16.9 Å². The predicted octanol–water partition coefficient (Wildman–Crippen LogP) is 2.43. The van der Waals surface area contributed by atoms with Crippen molar-refractivity contribution in [3.05, 3.63) is 39.7 Å². The molecule has 1 aromatic heterocycles. The third kappa shape index (κ3) is 5.36. The number of carbonyl (C=O) groups excluding carboxylic acids is 1. The Bertz CT molecular complexity index is 900. The Morgan fingerprint density at radius 2 is 2.03 bits per heavy atom. The first kappa shape index (κ1) is 21.3. The number of amides is 1. The SMILES string of the molecule is CCc1cc2c(CN3CCC(C(=O)NCCCOC)CC3)cc(=O)oc2cc1O. The molecule has 0 aliphatic carbocycles. The number of hydrogen-bond acceptors (Lipinski definition) is 6. The normalized spacial score (nSPS) is 15.7. The molecule has 29 heavy (non-hydrogen) atoms. The van der Waals surface area contributed by atoms with Crippen LogP contribution in [0.5, 0.6) is 5.75 Å². The van der Waals surface area contributed by atoms with Crippen LogP contribution >= 0.6 is 0 Å². The number of likely N-dealkylation sites (tertiary alicyclic amines) is 1. The van der Waals surface area contributed by atoms with Crippen LogP contribution in [0, 0.1) is 5.92 Å². The highest BCUT2D eigenvalue weighted by molar-refractivity contribution is 5.83. The molecule has 2 N–H and O–H groups in total. The molecule has 1 aliphatic rings. The molecule has 1 aliphatic heterocycles. The van der Waals surface area contributed by atoms with Gasteiger partial charge >= 0.3 is 5.63 Å². The molecule has 1 aromatic carbocycles. The monoisotopic (exact) mass is 402 g/mol. The van der Waals surface area contributed by atoms with Gasteiger partial charge in [-0.2, -0.15) is 0 Å². The lowest BCUT2D eigenvalue weighted by molar-refractivity contribution is -0.126. The molecular weight excluding hydrogens is 372 g/mol. The molecule has 2 aromatic rings. The summed E-state index contributed by atoms with van der Waals surface area (Å²) in [4.78, 5) is 26.5. The number of rotatable bonds is 8. The van der Waals surface area contributed by atoms with E-state index in [0.29, 0.717) is 31.7 Å². The topological polar surface area (TPSA) is 92.0 Å². The van der Waals surface area contributed by atoms with Crippen LogP contribution in [0.3, 0.4) is 0 Å². The number of benzene rings is 1. The van der Waals surface area contributed by atoms with Crippen molar-refractivity contribution in [3.63, 3.8) is 0 Å². The second-order valence-corrected chi connectivity index (χ2v) is 7.61. The molecule has 0 spiro atoms. The third-order valence-corrected chi connectivity index (χ3v) is 5.59. The molecule has 1 fully saturated rings. The van der Waals surface area contributed by atoms with E-state index in [1.807, 2.05) is 13.0 Å². The Kier molecular flexibility index (Phi) is 7.28. The first-order valence-electron chi connectivity index (χ1n) is 10.3. The van der Waals surface area contributed by atoms with E-state index in [2.05, 4.69) is 10.2 Å². The van der Waals surface area contributed by atoms with Gasteiger partial charge < -0.3 is 19.6 Å². The van der Waals surface area contributed by atoms with Crippen LogP contribution in [0.25, 0.3) is 11.0 Å². The fourth-order valence-corrected chi connectivity index (χ4v) is 3.89. The number of nitrogens with one attached hydrogen (secondary N) is 1. The van der Waals surface area contributed by atoms with E-state index in [-0.39, 0.29) is 17.6 Å². The lowest BCUT2D eigenvalue weighted by Crippen LogP contribution is -2.40. The first-order chi connectivity index (χ1) is 14.0. The van der Waals surface area contributed by atoms with Crippen LogP contribution in [-0.2, 0) is 22.5 Å². The number of aromatic hydroxyl groups is 1. The lowest BCUT2D eigenvalue weighted by Gasteiger charge is -2.31. The summed E-state index contributed by atoms with van der Waals surface area (Å²) < 4.78 is 10.3. The van der Waals surface area contributed by atoms with Gasteiger partial charge in [0, 0.05) is 50.2 Å². The molecule has 158 valence electrons. The molecule has 0 saturated carbocycles. The van der Waals surface area contributed by atoms with Crippen LogP contribution in [-0.4, -0.2) is 49.3 Å². The summed E-state index contributed by atoms with van der Waals surface area (Å²) in [5, 5.41) is 13.9. The summed E-state index contributed by atoms with van der Waals surface area (Å²) in [7, 11) is 1.66. The van der Waals surface area contributed by atoms with Gasteiger partial charge in [-0.3, -0.25) is 9.69 Å². The molecule has 0 bridgehead atoms. The minimum atomic E-state index is -0.415. The van der Waals surface area contributed by atoms with Gasteiger partial charge in [0.25, 0.3) is 0 Å². The van der Waals surface area contributed by atoms with E-state index in [9.17, 15) is 14.7 Å². The van der Waals surface area contributed by atoms with Crippen molar-refractivity contribution < 1.29 is 19.1 Å². The highest BCUT2D eigenvalue weighted by Gasteiger charge is 2.25. The van der Waals surface area contributed by atoms with Crippen LogP contribution in [0.15, 0.2) is 27.4 Å². The number of piperidine rings is 1. The molecule has 0 radical (unpaired) electrons. The van der Waals surface area contributed by atoms with Gasteiger partial charge in [-0.25, -0.2) is 4.79 Å². The summed E-state index contributed by atoms with van der Waals surface area (Å²) in [6.45, 7) is 5.50. The smallest absolute Gasteiger partial charge is 0.336 e. The first-order valence-corrected chi connectivity index (χ1v) is 10.3. The fourth-order valence-electron chi connectivity index (χ4n) is 3.89. The zero-order valence-electron chi connectivity index (χ0n) is 17.2. The third-order valence-electron chi connectivity index (χ3n) is 5.59. The second-order valence-electron chi connectivity index (χ2n) is 7.61. The number of methoxy groups -OCH3 is 1. The van der Waals surface area contributed by atoms with Crippen molar-refractivity contribution in [1.82, 2.24) is 10.2 Å². The van der Waals surface area contributed by atoms with Crippen LogP contribution in [0.2, 0.25) is 0 Å². The summed E-state index contributed by atoms with van der Waals surface area (Å²) in [6.07, 6.45) is 3.12. The molecule has 1 saturated heterocycles. The molecule has 7 heteroatoms. The van der Waals surface area contributed by atoms with Crippen molar-refractivity contribution in [1.29, 1.82) is 0 Å². The van der Waals surface area contributed by atoms with Crippen LogP contribution in [0.4, 0.5) is 0 Å². The molecule has 3 rings (SSSR count). The number of fused-ring (bicyclic) bond motifs is 1. The van der Waals surface area contributed by atoms with Crippen LogP contribution < -0.4 is 10.9 Å². The Morgan fingerprint density at radius 1 is 1.28 bits per heavy atom. The predicted molar refractivity (Wildman–Crippen MR) is 111 cm³/mol. The molecule has 1 amide bonds. The summed E-state index contributed by atoms with van der Waals surface area (Å²) in [5.41, 5.74) is 1.72. The standard InChI is InChI=1S/C22H30N2O5/c1-3-15-11-18-17(12-21(26)29-20(18)13-19(15)25)14-24-8-5-16(6-9-24)22(27)23-7-4-10-28-2/h11-13,16,25H,3-10,14H2,1-2H3,(H,23,27). The number of carbonyl (C=O) groups is 1. The summed E-state index contributed by atoms with van der Waals surface area (Å²) >= 11 is 0. The van der Waals surface area contributed by atoms with E-state index >= 15 is 0 Å². The van der Waals surface area contributed by atoms with E-state index in [1.54, 1.807) is 7.11 Å². The van der Waals surface area contributed by atoms with Gasteiger partial charge in [-0.1, -0.05) is 6.92 Å². The van der Waals surface area contributed by atoms with Crippen LogP contribution in [0.1, 0.15) is 37.3 Å². The van der Waals surface area contributed by atoms with E-state index < -0.39 is 5.63 Å². The second kappa shape index (κ2) is 9.89. The van der Waals surface area contributed by atoms with Crippen molar-refractivity contribution in [3.8, 4) is 5.75 Å². The highest BCUT2D eigenvalue weighted by Crippen LogP contribution is 2.28. The zero-order valence-corrected chi connectivity index (χ0v) is 17.2. The average molecular weight is 402 g/mol. The van der Waals surface area contributed by atoms with E-state index in [0.717, 1.165) is 48.9 Å². The molecular formula is C22H30N2O5.